The Labute approximate surface area is 165 Å². The van der Waals surface area contributed by atoms with Crippen LogP contribution in [0.4, 0.5) is 11.4 Å². The number of sulfonamides is 1. The Morgan fingerprint density at radius 2 is 1.93 bits per heavy atom. The summed E-state index contributed by atoms with van der Waals surface area (Å²) in [7, 11) is -3.67. The highest BCUT2D eigenvalue weighted by atomic mass is 35.5. The standard InChI is InChI=1S/C17H16ClN5O4S/c18-14-10-12(23(24)25)3-4-15(14)21-6-8-22(9-7-21)28(26,27)16-11-20-17-13(16)2-1-5-19-17/h1-5,10-11H,6-9H2,(H,19,20). The Balaban J connectivity index is 1.53. The lowest BCUT2D eigenvalue weighted by atomic mass is 10.2. The van der Waals surface area contributed by atoms with Gasteiger partial charge in [-0.2, -0.15) is 4.31 Å². The number of hydrogen-bond acceptors (Lipinski definition) is 6. The summed E-state index contributed by atoms with van der Waals surface area (Å²) >= 11 is 6.19. The summed E-state index contributed by atoms with van der Waals surface area (Å²) in [4.78, 5) is 19.5. The Hall–Kier alpha value is -2.69. The predicted molar refractivity (Wildman–Crippen MR) is 105 cm³/mol. The molecule has 2 aromatic heterocycles. The summed E-state index contributed by atoms with van der Waals surface area (Å²) in [5, 5.41) is 11.7. The van der Waals surface area contributed by atoms with Crippen molar-refractivity contribution < 1.29 is 13.3 Å². The monoisotopic (exact) mass is 421 g/mol. The van der Waals surface area contributed by atoms with E-state index in [2.05, 4.69) is 9.97 Å². The molecule has 0 spiro atoms. The number of fused-ring (bicyclic) bond motifs is 1. The summed E-state index contributed by atoms with van der Waals surface area (Å²) < 4.78 is 27.5. The van der Waals surface area contributed by atoms with Crippen molar-refractivity contribution >= 4 is 44.0 Å². The number of piperazine rings is 1. The van der Waals surface area contributed by atoms with Gasteiger partial charge in [-0.25, -0.2) is 13.4 Å². The van der Waals surface area contributed by atoms with Crippen LogP contribution in [-0.2, 0) is 10.0 Å². The van der Waals surface area contributed by atoms with Crippen LogP contribution < -0.4 is 4.90 Å². The predicted octanol–water partition coefficient (Wildman–Crippen LogP) is 2.64. The van der Waals surface area contributed by atoms with Gasteiger partial charge in [0.1, 0.15) is 10.5 Å². The average molecular weight is 422 g/mol. The zero-order chi connectivity index (χ0) is 19.9. The van der Waals surface area contributed by atoms with Crippen LogP contribution in [0.2, 0.25) is 5.02 Å². The van der Waals surface area contributed by atoms with Crippen LogP contribution in [0.5, 0.6) is 0 Å². The number of hydrogen-bond donors (Lipinski definition) is 1. The molecule has 1 fully saturated rings. The van der Waals surface area contributed by atoms with Gasteiger partial charge in [0.05, 0.1) is 15.6 Å². The van der Waals surface area contributed by atoms with E-state index in [9.17, 15) is 18.5 Å². The van der Waals surface area contributed by atoms with E-state index in [0.717, 1.165) is 0 Å². The molecule has 0 unspecified atom stereocenters. The largest absolute Gasteiger partial charge is 0.368 e. The van der Waals surface area contributed by atoms with E-state index < -0.39 is 14.9 Å². The molecule has 0 amide bonds. The molecule has 146 valence electrons. The van der Waals surface area contributed by atoms with Crippen molar-refractivity contribution in [1.29, 1.82) is 0 Å². The SMILES string of the molecule is O=[N+]([O-])c1ccc(N2CCN(S(=O)(=O)c3c[nH]c4ncccc34)CC2)c(Cl)c1. The van der Waals surface area contributed by atoms with E-state index in [0.29, 0.717) is 29.8 Å². The third-order valence-corrected chi connectivity index (χ3v) is 6.99. The van der Waals surface area contributed by atoms with Gasteiger partial charge >= 0.3 is 0 Å². The van der Waals surface area contributed by atoms with Gasteiger partial charge in [-0.3, -0.25) is 10.1 Å². The van der Waals surface area contributed by atoms with Gasteiger partial charge in [0.2, 0.25) is 10.0 Å². The molecule has 3 aromatic rings. The summed E-state index contributed by atoms with van der Waals surface area (Å²) in [6, 6.07) is 7.71. The number of benzene rings is 1. The normalized spacial score (nSPS) is 15.8. The highest BCUT2D eigenvalue weighted by Crippen LogP contribution is 2.31. The van der Waals surface area contributed by atoms with Gasteiger partial charge in [0.25, 0.3) is 5.69 Å². The van der Waals surface area contributed by atoms with Crippen molar-refractivity contribution in [1.82, 2.24) is 14.3 Å². The number of halogens is 1. The van der Waals surface area contributed by atoms with Crippen molar-refractivity contribution in [3.63, 3.8) is 0 Å². The number of aromatic amines is 1. The molecule has 1 aromatic carbocycles. The fourth-order valence-electron chi connectivity index (χ4n) is 3.32. The smallest absolute Gasteiger partial charge is 0.271 e. The zero-order valence-corrected chi connectivity index (χ0v) is 16.2. The second-order valence-corrected chi connectivity index (χ2v) is 8.65. The van der Waals surface area contributed by atoms with Crippen LogP contribution in [-0.4, -0.2) is 53.8 Å². The number of H-pyrrole nitrogens is 1. The van der Waals surface area contributed by atoms with Gasteiger partial charge in [0.15, 0.2) is 0 Å². The first-order valence-corrected chi connectivity index (χ1v) is 10.3. The van der Waals surface area contributed by atoms with Crippen LogP contribution in [0, 0.1) is 10.1 Å². The van der Waals surface area contributed by atoms with Crippen molar-refractivity contribution in [3.05, 3.63) is 57.9 Å². The maximum Gasteiger partial charge on any atom is 0.271 e. The highest BCUT2D eigenvalue weighted by molar-refractivity contribution is 7.89. The lowest BCUT2D eigenvalue weighted by Gasteiger charge is -2.35. The Morgan fingerprint density at radius 1 is 1.18 bits per heavy atom. The first-order chi connectivity index (χ1) is 13.4. The van der Waals surface area contributed by atoms with E-state index in [-0.39, 0.29) is 28.7 Å². The molecule has 1 aliphatic rings. The lowest BCUT2D eigenvalue weighted by Crippen LogP contribution is -2.48. The number of pyridine rings is 1. The summed E-state index contributed by atoms with van der Waals surface area (Å²) in [5.41, 5.74) is 1.10. The van der Waals surface area contributed by atoms with Crippen molar-refractivity contribution in [2.75, 3.05) is 31.1 Å². The van der Waals surface area contributed by atoms with Gasteiger partial charge in [0, 0.05) is 56.1 Å². The third kappa shape index (κ3) is 3.19. The zero-order valence-electron chi connectivity index (χ0n) is 14.6. The number of nitrogens with zero attached hydrogens (tertiary/aromatic N) is 4. The van der Waals surface area contributed by atoms with E-state index in [1.165, 1.54) is 22.6 Å². The summed E-state index contributed by atoms with van der Waals surface area (Å²) in [6.07, 6.45) is 3.06. The number of anilines is 1. The minimum absolute atomic E-state index is 0.0806. The topological polar surface area (TPSA) is 112 Å². The molecule has 28 heavy (non-hydrogen) atoms. The van der Waals surface area contributed by atoms with Crippen LogP contribution in [0.3, 0.4) is 0 Å². The molecule has 0 atom stereocenters. The number of nitro groups is 1. The molecular weight excluding hydrogens is 406 g/mol. The first-order valence-electron chi connectivity index (χ1n) is 8.49. The number of rotatable bonds is 4. The fraction of sp³-hybridized carbons (Fsp3) is 0.235. The molecular formula is C17H16ClN5O4S. The molecule has 11 heteroatoms. The minimum Gasteiger partial charge on any atom is -0.368 e. The van der Waals surface area contributed by atoms with Crippen molar-refractivity contribution in [2.45, 2.75) is 4.90 Å². The van der Waals surface area contributed by atoms with Gasteiger partial charge in [-0.1, -0.05) is 11.6 Å². The van der Waals surface area contributed by atoms with E-state index in [1.807, 2.05) is 4.90 Å². The molecule has 0 bridgehead atoms. The Morgan fingerprint density at radius 3 is 2.61 bits per heavy atom. The minimum atomic E-state index is -3.67. The van der Waals surface area contributed by atoms with E-state index in [1.54, 1.807) is 24.4 Å². The molecule has 1 saturated heterocycles. The van der Waals surface area contributed by atoms with E-state index >= 15 is 0 Å². The molecule has 3 heterocycles. The maximum atomic E-state index is 13.1. The van der Waals surface area contributed by atoms with Crippen molar-refractivity contribution in [3.8, 4) is 0 Å². The second kappa shape index (κ2) is 7.04. The number of non-ortho nitro benzene ring substituents is 1. The van der Waals surface area contributed by atoms with Gasteiger partial charge in [-0.15, -0.1) is 0 Å². The lowest BCUT2D eigenvalue weighted by molar-refractivity contribution is -0.384. The second-order valence-electron chi connectivity index (χ2n) is 6.34. The Bertz CT molecular complexity index is 1160. The van der Waals surface area contributed by atoms with Crippen LogP contribution in [0.15, 0.2) is 47.6 Å². The fourth-order valence-corrected chi connectivity index (χ4v) is 5.19. The first kappa shape index (κ1) is 18.7. The summed E-state index contributed by atoms with van der Waals surface area (Å²) in [6.45, 7) is 1.42. The summed E-state index contributed by atoms with van der Waals surface area (Å²) in [5.74, 6) is 0. The average Bonchev–Trinajstić information content (AvgIpc) is 3.13. The van der Waals surface area contributed by atoms with Gasteiger partial charge < -0.3 is 9.88 Å². The maximum absolute atomic E-state index is 13.1. The van der Waals surface area contributed by atoms with Crippen molar-refractivity contribution in [2.24, 2.45) is 0 Å². The van der Waals surface area contributed by atoms with E-state index in [4.69, 9.17) is 11.6 Å². The molecule has 4 rings (SSSR count). The van der Waals surface area contributed by atoms with Crippen LogP contribution in [0.1, 0.15) is 0 Å². The number of aromatic nitrogens is 2. The molecule has 0 saturated carbocycles. The molecule has 9 nitrogen and oxygen atoms in total. The molecule has 0 radical (unpaired) electrons. The number of nitro benzene ring substituents is 1. The third-order valence-electron chi connectivity index (χ3n) is 4.75. The molecule has 1 N–H and O–H groups in total. The van der Waals surface area contributed by atoms with Crippen LogP contribution in [0.25, 0.3) is 11.0 Å². The highest BCUT2D eigenvalue weighted by Gasteiger charge is 2.31. The molecule has 0 aliphatic carbocycles. The van der Waals surface area contributed by atoms with Gasteiger partial charge in [-0.05, 0) is 18.2 Å². The molecule has 1 aliphatic heterocycles. The quantitative estimate of drug-likeness (QED) is 0.511. The number of nitrogens with one attached hydrogen (secondary N) is 1. The Kier molecular flexibility index (Phi) is 4.69. The van der Waals surface area contributed by atoms with Crippen LogP contribution >= 0.6 is 11.6 Å².